The summed E-state index contributed by atoms with van der Waals surface area (Å²) in [6, 6.07) is 12.6. The fourth-order valence-corrected chi connectivity index (χ4v) is 2.30. The van der Waals surface area contributed by atoms with Crippen LogP contribution in [0.4, 0.5) is 0 Å². The minimum Gasteiger partial charge on any atom is -0.508 e. The third kappa shape index (κ3) is 4.06. The summed E-state index contributed by atoms with van der Waals surface area (Å²) in [5, 5.41) is 9.39. The van der Waals surface area contributed by atoms with Gasteiger partial charge in [-0.3, -0.25) is 4.79 Å². The van der Waals surface area contributed by atoms with Crippen molar-refractivity contribution in [2.75, 3.05) is 0 Å². The molecule has 0 bridgehead atoms. The molecule has 0 atom stereocenters. The van der Waals surface area contributed by atoms with Crippen LogP contribution in [0.1, 0.15) is 40.4 Å². The predicted octanol–water partition coefficient (Wildman–Crippen LogP) is 4.55. The molecule has 0 aliphatic rings. The molecule has 1 N–H and O–H groups in total. The third-order valence-electron chi connectivity index (χ3n) is 3.44. The highest BCUT2D eigenvalue weighted by atomic mass is 16.3. The van der Waals surface area contributed by atoms with Crippen molar-refractivity contribution in [2.45, 2.75) is 26.7 Å². The van der Waals surface area contributed by atoms with Crippen molar-refractivity contribution in [2.24, 2.45) is 0 Å². The lowest BCUT2D eigenvalue weighted by atomic mass is 10.0. The van der Waals surface area contributed by atoms with E-state index in [2.05, 4.69) is 26.0 Å². The fourth-order valence-electron chi connectivity index (χ4n) is 2.30. The molecule has 0 spiro atoms. The van der Waals surface area contributed by atoms with Gasteiger partial charge in [-0.2, -0.15) is 0 Å². The Hall–Kier alpha value is -2.35. The first-order chi connectivity index (χ1) is 10.1. The second kappa shape index (κ2) is 6.89. The average Bonchev–Trinajstić information content (AvgIpc) is 2.47. The van der Waals surface area contributed by atoms with Crippen molar-refractivity contribution in [3.8, 4) is 5.75 Å². The number of carbonyl (C=O) groups is 1. The molecule has 0 fully saturated rings. The molecule has 0 saturated carbocycles. The van der Waals surface area contributed by atoms with E-state index in [1.807, 2.05) is 12.1 Å². The number of rotatable bonds is 5. The van der Waals surface area contributed by atoms with Gasteiger partial charge in [0.05, 0.1) is 0 Å². The highest BCUT2D eigenvalue weighted by Gasteiger charge is 2.03. The summed E-state index contributed by atoms with van der Waals surface area (Å²) in [6.45, 7) is 4.26. The van der Waals surface area contributed by atoms with Crippen LogP contribution in [0.25, 0.3) is 6.08 Å². The van der Waals surface area contributed by atoms with Crippen LogP contribution in [0.15, 0.2) is 48.5 Å². The Morgan fingerprint density at radius 1 is 1.19 bits per heavy atom. The van der Waals surface area contributed by atoms with Crippen molar-refractivity contribution < 1.29 is 9.90 Å². The molecule has 2 aromatic carbocycles. The number of hydrogen-bond acceptors (Lipinski definition) is 2. The summed E-state index contributed by atoms with van der Waals surface area (Å²) in [5.41, 5.74) is 4.11. The highest BCUT2D eigenvalue weighted by molar-refractivity contribution is 6.07. The second-order valence-corrected chi connectivity index (χ2v) is 5.18. The number of carbonyl (C=O) groups excluding carboxylic acids is 1. The number of hydrogen-bond donors (Lipinski definition) is 1. The molecule has 0 amide bonds. The lowest BCUT2D eigenvalue weighted by molar-refractivity contribution is 0.104. The lowest BCUT2D eigenvalue weighted by Gasteiger charge is -2.05. The van der Waals surface area contributed by atoms with E-state index in [1.165, 1.54) is 17.2 Å². The van der Waals surface area contributed by atoms with E-state index in [1.54, 1.807) is 24.3 Å². The van der Waals surface area contributed by atoms with E-state index in [9.17, 15) is 9.90 Å². The standard InChI is InChI=1S/C19H20O2/c1-3-5-16-10-8-15(12-14(16)2)9-11-19(21)17-6-4-7-18(20)13-17/h4,6-13,20H,3,5H2,1-2H3/b11-9+. The summed E-state index contributed by atoms with van der Waals surface area (Å²) in [5.74, 6) is -0.00444. The molecule has 0 aliphatic heterocycles. The Morgan fingerprint density at radius 2 is 2.00 bits per heavy atom. The van der Waals surface area contributed by atoms with Crippen LogP contribution < -0.4 is 0 Å². The number of phenols is 1. The molecular formula is C19H20O2. The molecule has 0 saturated heterocycles. The molecular weight excluding hydrogens is 260 g/mol. The van der Waals surface area contributed by atoms with Gasteiger partial charge in [0.25, 0.3) is 0 Å². The lowest BCUT2D eigenvalue weighted by Crippen LogP contribution is -1.93. The van der Waals surface area contributed by atoms with Gasteiger partial charge in [-0.1, -0.05) is 49.8 Å². The quantitative estimate of drug-likeness (QED) is 0.644. The van der Waals surface area contributed by atoms with Crippen LogP contribution in [0.2, 0.25) is 0 Å². The monoisotopic (exact) mass is 280 g/mol. The first-order valence-electron chi connectivity index (χ1n) is 7.21. The van der Waals surface area contributed by atoms with Gasteiger partial charge >= 0.3 is 0 Å². The minimum atomic E-state index is -0.110. The smallest absolute Gasteiger partial charge is 0.185 e. The summed E-state index contributed by atoms with van der Waals surface area (Å²) >= 11 is 0. The number of phenolic OH excluding ortho intramolecular Hbond substituents is 1. The Balaban J connectivity index is 2.14. The number of benzene rings is 2. The molecule has 0 radical (unpaired) electrons. The molecule has 2 heteroatoms. The van der Waals surface area contributed by atoms with Gasteiger partial charge in [0, 0.05) is 5.56 Å². The normalized spacial score (nSPS) is 11.0. The first-order valence-corrected chi connectivity index (χ1v) is 7.21. The maximum atomic E-state index is 12.0. The van der Waals surface area contributed by atoms with Gasteiger partial charge in [-0.05, 0) is 48.2 Å². The van der Waals surface area contributed by atoms with E-state index >= 15 is 0 Å². The maximum Gasteiger partial charge on any atom is 0.185 e. The Bertz CT molecular complexity index is 669. The van der Waals surface area contributed by atoms with Gasteiger partial charge in [-0.25, -0.2) is 0 Å². The van der Waals surface area contributed by atoms with Crippen LogP contribution in [0, 0.1) is 6.92 Å². The van der Waals surface area contributed by atoms with Gasteiger partial charge < -0.3 is 5.11 Å². The van der Waals surface area contributed by atoms with Crippen molar-refractivity contribution in [3.63, 3.8) is 0 Å². The van der Waals surface area contributed by atoms with Crippen molar-refractivity contribution >= 4 is 11.9 Å². The number of aryl methyl sites for hydroxylation is 2. The SMILES string of the molecule is CCCc1ccc(/C=C/C(=O)c2cccc(O)c2)cc1C. The predicted molar refractivity (Wildman–Crippen MR) is 86.6 cm³/mol. The molecule has 0 aliphatic carbocycles. The molecule has 2 rings (SSSR count). The molecule has 21 heavy (non-hydrogen) atoms. The van der Waals surface area contributed by atoms with Crippen LogP contribution in [0.5, 0.6) is 5.75 Å². The van der Waals surface area contributed by atoms with Gasteiger partial charge in [0.1, 0.15) is 5.75 Å². The zero-order chi connectivity index (χ0) is 15.2. The van der Waals surface area contributed by atoms with E-state index in [0.29, 0.717) is 5.56 Å². The highest BCUT2D eigenvalue weighted by Crippen LogP contribution is 2.16. The summed E-state index contributed by atoms with van der Waals surface area (Å²) < 4.78 is 0. The average molecular weight is 280 g/mol. The van der Waals surface area contributed by atoms with Crippen LogP contribution in [-0.2, 0) is 6.42 Å². The van der Waals surface area contributed by atoms with Crippen molar-refractivity contribution in [3.05, 3.63) is 70.8 Å². The molecule has 0 aromatic heterocycles. The van der Waals surface area contributed by atoms with Crippen molar-refractivity contribution in [1.82, 2.24) is 0 Å². The van der Waals surface area contributed by atoms with E-state index in [-0.39, 0.29) is 11.5 Å². The number of ketones is 1. The first kappa shape index (κ1) is 15.0. The summed E-state index contributed by atoms with van der Waals surface area (Å²) in [6.07, 6.45) is 5.57. The summed E-state index contributed by atoms with van der Waals surface area (Å²) in [4.78, 5) is 12.0. The topological polar surface area (TPSA) is 37.3 Å². The minimum absolute atomic E-state index is 0.106. The van der Waals surface area contributed by atoms with E-state index in [0.717, 1.165) is 18.4 Å². The van der Waals surface area contributed by atoms with Crippen LogP contribution >= 0.6 is 0 Å². The Labute approximate surface area is 125 Å². The second-order valence-electron chi connectivity index (χ2n) is 5.18. The Morgan fingerprint density at radius 3 is 2.67 bits per heavy atom. The molecule has 0 heterocycles. The molecule has 2 nitrogen and oxygen atoms in total. The summed E-state index contributed by atoms with van der Waals surface area (Å²) in [7, 11) is 0. The fraction of sp³-hybridized carbons (Fsp3) is 0.211. The maximum absolute atomic E-state index is 12.0. The molecule has 2 aromatic rings. The van der Waals surface area contributed by atoms with Crippen molar-refractivity contribution in [1.29, 1.82) is 0 Å². The number of aromatic hydroxyl groups is 1. The molecule has 0 unspecified atom stereocenters. The van der Waals surface area contributed by atoms with E-state index < -0.39 is 0 Å². The van der Waals surface area contributed by atoms with Gasteiger partial charge in [-0.15, -0.1) is 0 Å². The van der Waals surface area contributed by atoms with Gasteiger partial charge in [0.2, 0.25) is 0 Å². The largest absolute Gasteiger partial charge is 0.508 e. The van der Waals surface area contributed by atoms with Crippen LogP contribution in [0.3, 0.4) is 0 Å². The Kier molecular flexibility index (Phi) is 4.94. The third-order valence-corrected chi connectivity index (χ3v) is 3.44. The zero-order valence-electron chi connectivity index (χ0n) is 12.5. The number of allylic oxidation sites excluding steroid dienone is 1. The van der Waals surface area contributed by atoms with Crippen LogP contribution in [-0.4, -0.2) is 10.9 Å². The van der Waals surface area contributed by atoms with E-state index in [4.69, 9.17) is 0 Å². The molecule has 108 valence electrons. The van der Waals surface area contributed by atoms with Gasteiger partial charge in [0.15, 0.2) is 5.78 Å². The zero-order valence-corrected chi connectivity index (χ0v) is 12.5.